The second-order valence-corrected chi connectivity index (χ2v) is 6.44. The van der Waals surface area contributed by atoms with E-state index in [2.05, 4.69) is 4.98 Å². The van der Waals surface area contributed by atoms with Gasteiger partial charge in [0.05, 0.1) is 17.1 Å². The number of halogens is 1. The maximum atomic E-state index is 13.4. The van der Waals surface area contributed by atoms with Gasteiger partial charge in [-0.1, -0.05) is 0 Å². The number of hydrogen-bond acceptors (Lipinski definition) is 4. The number of rotatable bonds is 4. The Bertz CT molecular complexity index is 727. The molecule has 6 nitrogen and oxygen atoms in total. The van der Waals surface area contributed by atoms with E-state index in [4.69, 9.17) is 5.73 Å². The molecule has 1 aromatic heterocycles. The lowest BCUT2D eigenvalue weighted by atomic mass is 10.3. The van der Waals surface area contributed by atoms with Crippen LogP contribution in [0.2, 0.25) is 0 Å². The molecule has 0 saturated carbocycles. The second-order valence-electron chi connectivity index (χ2n) is 4.40. The molecule has 1 heterocycles. The molecule has 2 rings (SSSR count). The van der Waals surface area contributed by atoms with Gasteiger partial charge in [0.2, 0.25) is 10.0 Å². The highest BCUT2D eigenvalue weighted by Crippen LogP contribution is 2.20. The predicted octanol–water partition coefficient (Wildman–Crippen LogP) is 0.962. The molecule has 0 aliphatic carbocycles. The van der Waals surface area contributed by atoms with Crippen LogP contribution in [0.5, 0.6) is 0 Å². The Morgan fingerprint density at radius 1 is 1.45 bits per heavy atom. The van der Waals surface area contributed by atoms with Crippen LogP contribution in [-0.4, -0.2) is 29.3 Å². The number of nitrogens with two attached hydrogens (primary N) is 1. The molecule has 0 unspecified atom stereocenters. The van der Waals surface area contributed by atoms with E-state index < -0.39 is 15.8 Å². The summed E-state index contributed by atoms with van der Waals surface area (Å²) < 4.78 is 40.8. The van der Waals surface area contributed by atoms with Crippen molar-refractivity contribution in [3.63, 3.8) is 0 Å². The smallest absolute Gasteiger partial charge is 0.243 e. The number of aryl methyl sites for hydroxylation is 1. The first-order valence-electron chi connectivity index (χ1n) is 5.80. The Morgan fingerprint density at radius 3 is 2.70 bits per heavy atom. The number of nitrogens with zero attached hydrogens (tertiary/aromatic N) is 3. The van der Waals surface area contributed by atoms with Crippen LogP contribution in [0, 0.1) is 5.82 Å². The van der Waals surface area contributed by atoms with Crippen molar-refractivity contribution in [2.75, 3.05) is 12.8 Å². The van der Waals surface area contributed by atoms with Gasteiger partial charge in [-0.15, -0.1) is 0 Å². The third-order valence-electron chi connectivity index (χ3n) is 2.97. The number of sulfonamides is 1. The molecule has 0 spiro atoms. The van der Waals surface area contributed by atoms with Crippen molar-refractivity contribution in [1.29, 1.82) is 0 Å². The van der Waals surface area contributed by atoms with Crippen LogP contribution in [0.1, 0.15) is 5.82 Å². The molecular formula is C12H15FN4O2S. The van der Waals surface area contributed by atoms with Crippen molar-refractivity contribution < 1.29 is 12.8 Å². The van der Waals surface area contributed by atoms with E-state index in [1.54, 1.807) is 24.0 Å². The number of imidazole rings is 1. The Morgan fingerprint density at radius 2 is 2.15 bits per heavy atom. The molecule has 2 N–H and O–H groups in total. The maximum absolute atomic E-state index is 13.4. The molecule has 20 heavy (non-hydrogen) atoms. The number of nitrogen functional groups attached to an aromatic ring is 1. The number of anilines is 1. The Labute approximate surface area is 116 Å². The number of benzene rings is 1. The van der Waals surface area contributed by atoms with Crippen molar-refractivity contribution in [3.05, 3.63) is 42.2 Å². The van der Waals surface area contributed by atoms with E-state index in [0.717, 1.165) is 10.4 Å². The lowest BCUT2D eigenvalue weighted by Crippen LogP contribution is -2.27. The molecule has 0 radical (unpaired) electrons. The van der Waals surface area contributed by atoms with Gasteiger partial charge in [-0.05, 0) is 18.2 Å². The van der Waals surface area contributed by atoms with Gasteiger partial charge in [-0.2, -0.15) is 4.31 Å². The summed E-state index contributed by atoms with van der Waals surface area (Å²) in [5.41, 5.74) is 5.25. The molecule has 0 aliphatic rings. The van der Waals surface area contributed by atoms with Crippen molar-refractivity contribution in [2.45, 2.75) is 11.4 Å². The highest BCUT2D eigenvalue weighted by molar-refractivity contribution is 7.89. The zero-order valence-corrected chi connectivity index (χ0v) is 11.9. The summed E-state index contributed by atoms with van der Waals surface area (Å²) in [5, 5.41) is 0. The fourth-order valence-corrected chi connectivity index (χ4v) is 2.82. The Kier molecular flexibility index (Phi) is 3.78. The molecule has 0 aliphatic heterocycles. The van der Waals surface area contributed by atoms with Gasteiger partial charge in [-0.25, -0.2) is 17.8 Å². The van der Waals surface area contributed by atoms with Crippen molar-refractivity contribution >= 4 is 15.7 Å². The average Bonchev–Trinajstić information content (AvgIpc) is 2.78. The van der Waals surface area contributed by atoms with E-state index in [9.17, 15) is 12.8 Å². The van der Waals surface area contributed by atoms with Crippen LogP contribution in [0.4, 0.5) is 10.1 Å². The lowest BCUT2D eigenvalue weighted by Gasteiger charge is -2.17. The maximum Gasteiger partial charge on any atom is 0.243 e. The molecule has 2 aromatic rings. The predicted molar refractivity (Wildman–Crippen MR) is 72.7 cm³/mol. The van der Waals surface area contributed by atoms with Crippen LogP contribution in [0.3, 0.4) is 0 Å². The molecular weight excluding hydrogens is 283 g/mol. The fourth-order valence-electron chi connectivity index (χ4n) is 1.68. The lowest BCUT2D eigenvalue weighted by molar-refractivity contribution is 0.450. The molecule has 0 atom stereocenters. The second kappa shape index (κ2) is 5.22. The minimum Gasteiger partial charge on any atom is -0.396 e. The van der Waals surface area contributed by atoms with E-state index in [1.807, 2.05) is 0 Å². The first-order valence-corrected chi connectivity index (χ1v) is 7.24. The third-order valence-corrected chi connectivity index (χ3v) is 4.76. The van der Waals surface area contributed by atoms with Gasteiger partial charge in [-0.3, -0.25) is 0 Å². The molecule has 1 aromatic carbocycles. The summed E-state index contributed by atoms with van der Waals surface area (Å²) in [6.07, 6.45) is 3.30. The van der Waals surface area contributed by atoms with E-state index in [1.165, 1.54) is 19.2 Å². The Balaban J connectivity index is 2.29. The topological polar surface area (TPSA) is 81.2 Å². The highest BCUT2D eigenvalue weighted by atomic mass is 32.2. The molecule has 108 valence electrons. The van der Waals surface area contributed by atoms with Gasteiger partial charge < -0.3 is 10.3 Å². The summed E-state index contributed by atoms with van der Waals surface area (Å²) in [4.78, 5) is 3.92. The summed E-state index contributed by atoms with van der Waals surface area (Å²) in [6, 6.07) is 3.43. The van der Waals surface area contributed by atoms with Gasteiger partial charge in [0.25, 0.3) is 0 Å². The molecule has 8 heteroatoms. The first-order chi connectivity index (χ1) is 9.32. The third kappa shape index (κ3) is 2.66. The molecule has 0 bridgehead atoms. The van der Waals surface area contributed by atoms with Gasteiger partial charge in [0, 0.05) is 26.5 Å². The molecule has 0 saturated heterocycles. The van der Waals surface area contributed by atoms with Gasteiger partial charge in [0.1, 0.15) is 11.6 Å². The van der Waals surface area contributed by atoms with Crippen molar-refractivity contribution in [1.82, 2.24) is 13.9 Å². The van der Waals surface area contributed by atoms with Gasteiger partial charge >= 0.3 is 0 Å². The van der Waals surface area contributed by atoms with E-state index in [0.29, 0.717) is 5.82 Å². The minimum absolute atomic E-state index is 0.0873. The minimum atomic E-state index is -3.79. The fraction of sp³-hybridized carbons (Fsp3) is 0.250. The highest BCUT2D eigenvalue weighted by Gasteiger charge is 2.23. The largest absolute Gasteiger partial charge is 0.396 e. The van der Waals surface area contributed by atoms with Crippen LogP contribution in [0.25, 0.3) is 0 Å². The van der Waals surface area contributed by atoms with Crippen LogP contribution >= 0.6 is 0 Å². The van der Waals surface area contributed by atoms with Crippen molar-refractivity contribution in [2.24, 2.45) is 7.05 Å². The summed E-state index contributed by atoms with van der Waals surface area (Å²) in [6.45, 7) is 0.0951. The quantitative estimate of drug-likeness (QED) is 0.853. The van der Waals surface area contributed by atoms with Crippen molar-refractivity contribution in [3.8, 4) is 0 Å². The van der Waals surface area contributed by atoms with E-state index >= 15 is 0 Å². The zero-order valence-electron chi connectivity index (χ0n) is 11.1. The average molecular weight is 298 g/mol. The summed E-state index contributed by atoms with van der Waals surface area (Å²) in [7, 11) is -0.602. The summed E-state index contributed by atoms with van der Waals surface area (Å²) in [5.74, 6) is -0.163. The monoisotopic (exact) mass is 298 g/mol. The van der Waals surface area contributed by atoms with E-state index in [-0.39, 0.29) is 17.1 Å². The van der Waals surface area contributed by atoms with Crippen LogP contribution in [-0.2, 0) is 23.6 Å². The standard InChI is InChI=1S/C12H15FN4O2S/c1-16-6-5-15-12(16)8-17(2)20(18,19)9-3-4-11(14)10(13)7-9/h3-7H,8,14H2,1-2H3. The Hall–Kier alpha value is -1.93. The molecule has 0 fully saturated rings. The zero-order chi connectivity index (χ0) is 14.9. The number of hydrogen-bond donors (Lipinski definition) is 1. The SMILES string of the molecule is CN(Cc1nccn1C)S(=O)(=O)c1ccc(N)c(F)c1. The van der Waals surface area contributed by atoms with Gasteiger partial charge in [0.15, 0.2) is 0 Å². The summed E-state index contributed by atoms with van der Waals surface area (Å²) >= 11 is 0. The van der Waals surface area contributed by atoms with Crippen LogP contribution in [0.15, 0.2) is 35.5 Å². The van der Waals surface area contributed by atoms with Crippen LogP contribution < -0.4 is 5.73 Å². The number of aromatic nitrogens is 2. The molecule has 0 amide bonds. The first kappa shape index (κ1) is 14.5. The normalized spacial score (nSPS) is 12.0.